The maximum Gasteiger partial charge on any atom is 0.246 e. The molecule has 2 N–H and O–H groups in total. The molecule has 0 aliphatic carbocycles. The molecule has 2 rings (SSSR count). The predicted molar refractivity (Wildman–Crippen MR) is 70.3 cm³/mol. The van der Waals surface area contributed by atoms with Crippen molar-refractivity contribution < 1.29 is 4.79 Å². The summed E-state index contributed by atoms with van der Waals surface area (Å²) in [6, 6.07) is 5.77. The van der Waals surface area contributed by atoms with Gasteiger partial charge in [0.1, 0.15) is 6.04 Å². The molecule has 0 saturated carbocycles. The molecule has 0 saturated heterocycles. The molecule has 0 spiro atoms. The highest BCUT2D eigenvalue weighted by Crippen LogP contribution is 2.33. The molecule has 1 aliphatic rings. The normalized spacial score (nSPS) is 17.5. The van der Waals surface area contributed by atoms with Crippen LogP contribution >= 0.6 is 0 Å². The van der Waals surface area contributed by atoms with Crippen LogP contribution in [0.3, 0.4) is 0 Å². The van der Waals surface area contributed by atoms with Gasteiger partial charge in [0.25, 0.3) is 0 Å². The number of nitrogens with zero attached hydrogens (tertiary/aromatic N) is 1. The number of carbonyl (C=O) groups is 1. The number of hydrogen-bond acceptors (Lipinski definition) is 3. The Balaban J connectivity index is 2.31. The first kappa shape index (κ1) is 11.7. The first-order valence-electron chi connectivity index (χ1n) is 5.61. The van der Waals surface area contributed by atoms with E-state index in [2.05, 4.69) is 22.1 Å². The summed E-state index contributed by atoms with van der Waals surface area (Å²) in [6.45, 7) is 4.49. The van der Waals surface area contributed by atoms with Gasteiger partial charge in [0, 0.05) is 30.5 Å². The summed E-state index contributed by atoms with van der Waals surface area (Å²) < 4.78 is 0. The topological polar surface area (TPSA) is 44.4 Å². The first-order valence-corrected chi connectivity index (χ1v) is 5.61. The third kappa shape index (κ3) is 2.03. The van der Waals surface area contributed by atoms with Crippen LogP contribution in [0.5, 0.6) is 0 Å². The number of likely N-dealkylation sites (N-methyl/N-ethyl adjacent to an activating group) is 2. The summed E-state index contributed by atoms with van der Waals surface area (Å²) >= 11 is 0. The minimum Gasteiger partial charge on any atom is -0.371 e. The lowest BCUT2D eigenvalue weighted by Gasteiger charge is -2.18. The van der Waals surface area contributed by atoms with Crippen LogP contribution in [0.4, 0.5) is 11.4 Å². The summed E-state index contributed by atoms with van der Waals surface area (Å²) in [4.78, 5) is 13.7. The molecule has 0 radical (unpaired) electrons. The van der Waals surface area contributed by atoms with Crippen LogP contribution in [0.1, 0.15) is 11.6 Å². The lowest BCUT2D eigenvalue weighted by Crippen LogP contribution is -2.23. The van der Waals surface area contributed by atoms with E-state index < -0.39 is 0 Å². The van der Waals surface area contributed by atoms with Gasteiger partial charge in [-0.15, -0.1) is 6.58 Å². The Morgan fingerprint density at radius 1 is 1.59 bits per heavy atom. The van der Waals surface area contributed by atoms with E-state index in [0.717, 1.165) is 23.5 Å². The minimum atomic E-state index is -0.233. The molecule has 4 heteroatoms. The van der Waals surface area contributed by atoms with Crippen molar-refractivity contribution >= 4 is 17.3 Å². The molecular formula is C13H17N3O. The SMILES string of the molecule is C=CCN(C)c1ccc2c(c1)NC(=O)C2NC. The van der Waals surface area contributed by atoms with Crippen molar-refractivity contribution in [1.82, 2.24) is 5.32 Å². The van der Waals surface area contributed by atoms with Crippen LogP contribution in [-0.4, -0.2) is 26.5 Å². The van der Waals surface area contributed by atoms with Gasteiger partial charge in [0.2, 0.25) is 5.91 Å². The second kappa shape index (κ2) is 4.59. The van der Waals surface area contributed by atoms with Crippen molar-refractivity contribution in [3.63, 3.8) is 0 Å². The second-order valence-corrected chi connectivity index (χ2v) is 4.15. The highest BCUT2D eigenvalue weighted by molar-refractivity contribution is 6.03. The van der Waals surface area contributed by atoms with Gasteiger partial charge in [-0.25, -0.2) is 0 Å². The van der Waals surface area contributed by atoms with E-state index in [4.69, 9.17) is 0 Å². The second-order valence-electron chi connectivity index (χ2n) is 4.15. The van der Waals surface area contributed by atoms with Crippen molar-refractivity contribution in [1.29, 1.82) is 0 Å². The molecule has 0 aromatic heterocycles. The number of anilines is 2. The van der Waals surface area contributed by atoms with Gasteiger partial charge in [-0.1, -0.05) is 12.1 Å². The van der Waals surface area contributed by atoms with Crippen LogP contribution in [0.25, 0.3) is 0 Å². The summed E-state index contributed by atoms with van der Waals surface area (Å²) in [5.74, 6) is 0.00558. The number of rotatable bonds is 4. The highest BCUT2D eigenvalue weighted by atomic mass is 16.2. The first-order chi connectivity index (χ1) is 8.17. The molecule has 1 aliphatic heterocycles. The fourth-order valence-electron chi connectivity index (χ4n) is 2.07. The smallest absolute Gasteiger partial charge is 0.246 e. The van der Waals surface area contributed by atoms with Crippen LogP contribution < -0.4 is 15.5 Å². The monoisotopic (exact) mass is 231 g/mol. The number of carbonyl (C=O) groups excluding carboxylic acids is 1. The van der Waals surface area contributed by atoms with Gasteiger partial charge in [0.15, 0.2) is 0 Å². The molecule has 1 aromatic carbocycles. The summed E-state index contributed by atoms with van der Waals surface area (Å²) in [6.07, 6.45) is 1.85. The molecule has 17 heavy (non-hydrogen) atoms. The van der Waals surface area contributed by atoms with Crippen LogP contribution in [0.15, 0.2) is 30.9 Å². The maximum absolute atomic E-state index is 11.7. The zero-order chi connectivity index (χ0) is 12.4. The Kier molecular flexibility index (Phi) is 3.15. The number of nitrogens with one attached hydrogen (secondary N) is 2. The van der Waals surface area contributed by atoms with E-state index in [9.17, 15) is 4.79 Å². The fourth-order valence-corrected chi connectivity index (χ4v) is 2.07. The van der Waals surface area contributed by atoms with Gasteiger partial charge in [-0.05, 0) is 19.2 Å². The van der Waals surface area contributed by atoms with Crippen molar-refractivity contribution in [2.24, 2.45) is 0 Å². The third-order valence-corrected chi connectivity index (χ3v) is 3.00. The standard InChI is InChI=1S/C13H17N3O/c1-4-7-16(3)9-5-6-10-11(8-9)15-13(17)12(10)14-2/h4-6,8,12,14H,1,7H2,2-3H3,(H,15,17). The number of benzene rings is 1. The summed E-state index contributed by atoms with van der Waals surface area (Å²) in [5.41, 5.74) is 2.97. The molecular weight excluding hydrogens is 214 g/mol. The average molecular weight is 231 g/mol. The van der Waals surface area contributed by atoms with Crippen LogP contribution in [0, 0.1) is 0 Å². The number of amides is 1. The zero-order valence-electron chi connectivity index (χ0n) is 10.2. The van der Waals surface area contributed by atoms with Crippen molar-refractivity contribution in [2.45, 2.75) is 6.04 Å². The Hall–Kier alpha value is -1.81. The average Bonchev–Trinajstić information content (AvgIpc) is 2.63. The van der Waals surface area contributed by atoms with E-state index >= 15 is 0 Å². The van der Waals surface area contributed by atoms with E-state index in [0.29, 0.717) is 0 Å². The molecule has 90 valence electrons. The van der Waals surface area contributed by atoms with E-state index in [1.54, 1.807) is 7.05 Å². The molecule has 1 amide bonds. The summed E-state index contributed by atoms with van der Waals surface area (Å²) in [5, 5.41) is 5.88. The van der Waals surface area contributed by atoms with Gasteiger partial charge < -0.3 is 15.5 Å². The third-order valence-electron chi connectivity index (χ3n) is 3.00. The van der Waals surface area contributed by atoms with Gasteiger partial charge in [0.05, 0.1) is 0 Å². The lowest BCUT2D eigenvalue weighted by atomic mass is 10.1. The highest BCUT2D eigenvalue weighted by Gasteiger charge is 2.29. The van der Waals surface area contributed by atoms with Crippen molar-refractivity contribution in [3.05, 3.63) is 36.4 Å². The molecule has 0 fully saturated rings. The van der Waals surface area contributed by atoms with E-state index in [1.165, 1.54) is 0 Å². The van der Waals surface area contributed by atoms with Crippen LogP contribution in [0.2, 0.25) is 0 Å². The predicted octanol–water partition coefficient (Wildman–Crippen LogP) is 1.52. The lowest BCUT2D eigenvalue weighted by molar-refractivity contribution is -0.117. The van der Waals surface area contributed by atoms with Gasteiger partial charge in [-0.3, -0.25) is 4.79 Å². The number of fused-ring (bicyclic) bond motifs is 1. The Morgan fingerprint density at radius 2 is 2.35 bits per heavy atom. The van der Waals surface area contributed by atoms with E-state index in [-0.39, 0.29) is 11.9 Å². The molecule has 0 bridgehead atoms. The Morgan fingerprint density at radius 3 is 3.00 bits per heavy atom. The van der Waals surface area contributed by atoms with Gasteiger partial charge >= 0.3 is 0 Å². The quantitative estimate of drug-likeness (QED) is 0.772. The molecule has 1 atom stereocenters. The van der Waals surface area contributed by atoms with E-state index in [1.807, 2.05) is 31.3 Å². The van der Waals surface area contributed by atoms with Crippen molar-refractivity contribution in [2.75, 3.05) is 30.9 Å². The molecule has 1 unspecified atom stereocenters. The Bertz CT molecular complexity index is 456. The minimum absolute atomic E-state index is 0.00558. The van der Waals surface area contributed by atoms with Crippen molar-refractivity contribution in [3.8, 4) is 0 Å². The molecule has 1 aromatic rings. The Labute approximate surface area is 101 Å². The summed E-state index contributed by atoms with van der Waals surface area (Å²) in [7, 11) is 3.78. The maximum atomic E-state index is 11.7. The molecule has 1 heterocycles. The number of hydrogen-bond donors (Lipinski definition) is 2. The van der Waals surface area contributed by atoms with Gasteiger partial charge in [-0.2, -0.15) is 0 Å². The largest absolute Gasteiger partial charge is 0.371 e. The molecule has 4 nitrogen and oxygen atoms in total. The fraction of sp³-hybridized carbons (Fsp3) is 0.308. The zero-order valence-corrected chi connectivity index (χ0v) is 10.2. The van der Waals surface area contributed by atoms with Crippen LogP contribution in [-0.2, 0) is 4.79 Å².